The first-order chi connectivity index (χ1) is 4.39. The van der Waals surface area contributed by atoms with E-state index in [9.17, 15) is 5.11 Å². The number of aliphatic hydroxyl groups excluding tert-OH is 2. The molecule has 2 unspecified atom stereocenters. The van der Waals surface area contributed by atoms with E-state index >= 15 is 0 Å². The van der Waals surface area contributed by atoms with Crippen molar-refractivity contribution in [3.05, 3.63) is 0 Å². The number of hydrogen-bond acceptors (Lipinski definition) is 4. The summed E-state index contributed by atoms with van der Waals surface area (Å²) in [5.74, 6) is 0. The molecule has 0 aromatic heterocycles. The molecule has 0 aliphatic heterocycles. The van der Waals surface area contributed by atoms with Gasteiger partial charge < -0.3 is 21.7 Å². The van der Waals surface area contributed by atoms with Gasteiger partial charge >= 0.3 is 0 Å². The van der Waals surface area contributed by atoms with Crippen molar-refractivity contribution in [1.82, 2.24) is 0 Å². The van der Waals surface area contributed by atoms with Crippen molar-refractivity contribution in [1.29, 1.82) is 0 Å². The van der Waals surface area contributed by atoms with Crippen LogP contribution >= 0.6 is 0 Å². The van der Waals surface area contributed by atoms with Gasteiger partial charge in [0.1, 0.15) is 0 Å². The molecule has 0 aromatic rings. The minimum absolute atomic E-state index is 0.248. The Morgan fingerprint density at radius 2 is 1.90 bits per heavy atom. The summed E-state index contributed by atoms with van der Waals surface area (Å²) in [6.45, 7) is 3.07. The van der Waals surface area contributed by atoms with Crippen molar-refractivity contribution in [2.24, 2.45) is 11.5 Å². The van der Waals surface area contributed by atoms with Crippen molar-refractivity contribution in [3.63, 3.8) is 0 Å². The lowest BCUT2D eigenvalue weighted by molar-refractivity contribution is 0.0560. The Balaban J connectivity index is 3.94. The third-order valence-corrected chi connectivity index (χ3v) is 1.38. The Morgan fingerprint density at radius 3 is 2.00 bits per heavy atom. The van der Waals surface area contributed by atoms with Crippen LogP contribution in [0.15, 0.2) is 0 Å². The molecule has 0 spiro atoms. The van der Waals surface area contributed by atoms with Gasteiger partial charge in [-0.1, -0.05) is 0 Å². The summed E-state index contributed by atoms with van der Waals surface area (Å²) in [5, 5.41) is 17.8. The Bertz CT molecular complexity index is 100. The van der Waals surface area contributed by atoms with E-state index in [2.05, 4.69) is 0 Å². The Morgan fingerprint density at radius 1 is 1.50 bits per heavy atom. The average molecular weight is 148 g/mol. The summed E-state index contributed by atoms with van der Waals surface area (Å²) in [7, 11) is 0. The Kier molecular flexibility index (Phi) is 3.24. The molecule has 0 fully saturated rings. The van der Waals surface area contributed by atoms with Crippen LogP contribution in [-0.4, -0.2) is 34.5 Å². The third-order valence-electron chi connectivity index (χ3n) is 1.38. The van der Waals surface area contributed by atoms with E-state index in [0.29, 0.717) is 0 Å². The Hall–Kier alpha value is -0.160. The molecular weight excluding hydrogens is 132 g/mol. The van der Waals surface area contributed by atoms with Gasteiger partial charge in [0.2, 0.25) is 0 Å². The van der Waals surface area contributed by atoms with Gasteiger partial charge in [-0.2, -0.15) is 0 Å². The molecule has 2 atom stereocenters. The first kappa shape index (κ1) is 9.84. The fourth-order valence-electron chi connectivity index (χ4n) is 0.652. The van der Waals surface area contributed by atoms with Gasteiger partial charge in [0.15, 0.2) is 0 Å². The molecule has 0 amide bonds. The van der Waals surface area contributed by atoms with Crippen LogP contribution in [0.2, 0.25) is 0 Å². The molecule has 4 nitrogen and oxygen atoms in total. The van der Waals surface area contributed by atoms with E-state index in [0.717, 1.165) is 0 Å². The minimum atomic E-state index is -0.863. The standard InChI is InChI=1S/C6H16N2O2/c1-6(2,8)5(10)4(7)3-9/h4-5,9-10H,3,7-8H2,1-2H3. The van der Waals surface area contributed by atoms with E-state index in [1.165, 1.54) is 0 Å². The quantitative estimate of drug-likeness (QED) is 0.388. The van der Waals surface area contributed by atoms with Gasteiger partial charge in [-0.05, 0) is 13.8 Å². The highest BCUT2D eigenvalue weighted by Crippen LogP contribution is 2.06. The highest BCUT2D eigenvalue weighted by Gasteiger charge is 2.27. The molecule has 0 saturated carbocycles. The predicted molar refractivity (Wildman–Crippen MR) is 39.3 cm³/mol. The molecular formula is C6H16N2O2. The van der Waals surface area contributed by atoms with Crippen LogP contribution in [0.1, 0.15) is 13.8 Å². The zero-order valence-electron chi connectivity index (χ0n) is 6.41. The fourth-order valence-corrected chi connectivity index (χ4v) is 0.652. The first-order valence-electron chi connectivity index (χ1n) is 3.23. The average Bonchev–Trinajstić information content (AvgIpc) is 1.83. The van der Waals surface area contributed by atoms with Crippen LogP contribution in [-0.2, 0) is 0 Å². The van der Waals surface area contributed by atoms with Crippen LogP contribution in [0.5, 0.6) is 0 Å². The van der Waals surface area contributed by atoms with Gasteiger partial charge in [0, 0.05) is 5.54 Å². The smallest absolute Gasteiger partial charge is 0.0887 e. The second-order valence-corrected chi connectivity index (χ2v) is 3.11. The van der Waals surface area contributed by atoms with Gasteiger partial charge in [0.05, 0.1) is 18.8 Å². The van der Waals surface area contributed by atoms with Gasteiger partial charge in [-0.15, -0.1) is 0 Å². The third kappa shape index (κ3) is 2.62. The monoisotopic (exact) mass is 148 g/mol. The van der Waals surface area contributed by atoms with E-state index < -0.39 is 17.7 Å². The molecule has 0 heterocycles. The van der Waals surface area contributed by atoms with Crippen molar-refractivity contribution in [3.8, 4) is 0 Å². The SMILES string of the molecule is CC(C)(N)C(O)C(N)CO. The summed E-state index contributed by atoms with van der Waals surface area (Å²) in [5.41, 5.74) is 10.1. The topological polar surface area (TPSA) is 92.5 Å². The van der Waals surface area contributed by atoms with Crippen molar-refractivity contribution in [2.45, 2.75) is 31.5 Å². The molecule has 0 aliphatic rings. The highest BCUT2D eigenvalue weighted by molar-refractivity contribution is 4.88. The van der Waals surface area contributed by atoms with E-state index in [1.807, 2.05) is 0 Å². The number of hydrogen-bond donors (Lipinski definition) is 4. The summed E-state index contributed by atoms with van der Waals surface area (Å²) in [6, 6.07) is -0.653. The Labute approximate surface area is 60.8 Å². The predicted octanol–water partition coefficient (Wildman–Crippen LogP) is -1.60. The lowest BCUT2D eigenvalue weighted by Crippen LogP contribution is -2.55. The summed E-state index contributed by atoms with van der Waals surface area (Å²) >= 11 is 0. The minimum Gasteiger partial charge on any atom is -0.395 e. The maximum absolute atomic E-state index is 9.24. The van der Waals surface area contributed by atoms with Crippen LogP contribution in [0.25, 0.3) is 0 Å². The van der Waals surface area contributed by atoms with Crippen LogP contribution in [0.3, 0.4) is 0 Å². The van der Waals surface area contributed by atoms with Gasteiger partial charge in [0.25, 0.3) is 0 Å². The van der Waals surface area contributed by atoms with Crippen LogP contribution in [0, 0.1) is 0 Å². The summed E-state index contributed by atoms with van der Waals surface area (Å²) in [6.07, 6.45) is -0.863. The molecule has 0 aliphatic carbocycles. The van der Waals surface area contributed by atoms with E-state index in [4.69, 9.17) is 16.6 Å². The molecule has 4 heteroatoms. The molecule has 62 valence electrons. The maximum Gasteiger partial charge on any atom is 0.0887 e. The fraction of sp³-hybridized carbons (Fsp3) is 1.00. The number of aliphatic hydroxyl groups is 2. The second kappa shape index (κ2) is 3.30. The largest absolute Gasteiger partial charge is 0.395 e. The van der Waals surface area contributed by atoms with E-state index in [1.54, 1.807) is 13.8 Å². The maximum atomic E-state index is 9.24. The van der Waals surface area contributed by atoms with Gasteiger partial charge in [-0.25, -0.2) is 0 Å². The van der Waals surface area contributed by atoms with Crippen molar-refractivity contribution < 1.29 is 10.2 Å². The normalized spacial score (nSPS) is 18.6. The molecule has 0 rings (SSSR count). The summed E-state index contributed by atoms with van der Waals surface area (Å²) < 4.78 is 0. The molecule has 0 aromatic carbocycles. The molecule has 0 radical (unpaired) electrons. The second-order valence-electron chi connectivity index (χ2n) is 3.11. The zero-order valence-corrected chi connectivity index (χ0v) is 6.41. The van der Waals surface area contributed by atoms with Crippen LogP contribution in [0.4, 0.5) is 0 Å². The van der Waals surface area contributed by atoms with Gasteiger partial charge in [-0.3, -0.25) is 0 Å². The van der Waals surface area contributed by atoms with Crippen LogP contribution < -0.4 is 11.5 Å². The van der Waals surface area contributed by atoms with Crippen molar-refractivity contribution >= 4 is 0 Å². The lowest BCUT2D eigenvalue weighted by atomic mass is 9.93. The number of nitrogens with two attached hydrogens (primary N) is 2. The molecule has 0 saturated heterocycles. The zero-order chi connectivity index (χ0) is 8.36. The first-order valence-corrected chi connectivity index (χ1v) is 3.23. The van der Waals surface area contributed by atoms with Crippen molar-refractivity contribution in [2.75, 3.05) is 6.61 Å². The molecule has 6 N–H and O–H groups in total. The highest BCUT2D eigenvalue weighted by atomic mass is 16.3. The number of rotatable bonds is 3. The van der Waals surface area contributed by atoms with E-state index in [-0.39, 0.29) is 6.61 Å². The summed E-state index contributed by atoms with van der Waals surface area (Å²) in [4.78, 5) is 0. The molecule has 10 heavy (non-hydrogen) atoms. The molecule has 0 bridgehead atoms. The lowest BCUT2D eigenvalue weighted by Gasteiger charge is -2.29.